The number of anilines is 1. The molecule has 2 rings (SSSR count). The molecule has 1 aromatic carbocycles. The summed E-state index contributed by atoms with van der Waals surface area (Å²) < 4.78 is 0.384. The molecular weight excluding hydrogens is 509 g/mol. The van der Waals surface area contributed by atoms with Crippen LogP contribution in [0.3, 0.4) is 0 Å². The van der Waals surface area contributed by atoms with E-state index in [-0.39, 0.29) is 32.1 Å². The number of amides is 1. The molecule has 0 aliphatic carbocycles. The Kier molecular flexibility index (Phi) is 15.4. The number of carbonyl (C=O) groups is 2. The zero-order chi connectivity index (χ0) is 24.6. The highest BCUT2D eigenvalue weighted by atomic mass is 35.5. The zero-order valence-corrected chi connectivity index (χ0v) is 21.2. The maximum atomic E-state index is 12.4. The van der Waals surface area contributed by atoms with E-state index in [0.29, 0.717) is 47.2 Å². The molecule has 8 nitrogen and oxygen atoms in total. The molecule has 1 aliphatic rings. The number of hydrogen-bond donors (Lipinski definition) is 4. The number of carboxylic acid groups (broad SMARTS) is 1. The number of hydrogen-bond acceptors (Lipinski definition) is 8. The van der Waals surface area contributed by atoms with Crippen molar-refractivity contribution in [2.75, 3.05) is 62.6 Å². The molecule has 12 heteroatoms. The molecule has 1 heterocycles. The van der Waals surface area contributed by atoms with Gasteiger partial charge in [0.25, 0.3) is 5.91 Å². The summed E-state index contributed by atoms with van der Waals surface area (Å²) in [5, 5.41) is 27.9. The lowest BCUT2D eigenvalue weighted by Gasteiger charge is -2.22. The van der Waals surface area contributed by atoms with E-state index in [1.54, 1.807) is 6.08 Å². The third kappa shape index (κ3) is 11.0. The number of carboxylic acids is 1. The molecule has 0 aromatic heterocycles. The van der Waals surface area contributed by atoms with Crippen molar-refractivity contribution in [3.05, 3.63) is 34.7 Å². The van der Waals surface area contributed by atoms with Crippen LogP contribution in [0.25, 0.3) is 6.08 Å². The molecule has 1 fully saturated rings. The average Bonchev–Trinajstić information content (AvgIpc) is 3.05. The van der Waals surface area contributed by atoms with Crippen molar-refractivity contribution >= 4 is 75.1 Å². The fourth-order valence-electron chi connectivity index (χ4n) is 2.69. The summed E-state index contributed by atoms with van der Waals surface area (Å²) in [6.45, 7) is 2.91. The third-order valence-corrected chi connectivity index (χ3v) is 5.98. The Bertz CT molecular complexity index is 787. The Hall–Kier alpha value is -1.40. The lowest BCUT2D eigenvalue weighted by atomic mass is 10.1. The van der Waals surface area contributed by atoms with Crippen molar-refractivity contribution < 1.29 is 24.9 Å². The monoisotopic (exact) mass is 537 g/mol. The SMILES string of the molecule is O=C(O)CCN1C(=O)/C(=C\c2ccc(N(CCCl)CCCl)cc2)SC1=S.OCCNCCO. The standard InChI is InChI=1S/C17H18Cl2N2O3S2.C4H11NO2/c18-6-9-20(10-7-19)13-3-1-12(2-4-13)11-14-16(24)21(17(25)26-14)8-5-15(22)23;6-3-1-5-2-4-7/h1-4,11H,5-10H2,(H,22,23);5-7H,1-4H2/b14-11+;. The summed E-state index contributed by atoms with van der Waals surface area (Å²) in [6, 6.07) is 7.73. The van der Waals surface area contributed by atoms with Gasteiger partial charge in [-0.05, 0) is 23.8 Å². The Morgan fingerprint density at radius 3 is 2.18 bits per heavy atom. The van der Waals surface area contributed by atoms with Crippen molar-refractivity contribution in [2.24, 2.45) is 0 Å². The maximum Gasteiger partial charge on any atom is 0.305 e. The molecule has 1 amide bonds. The number of alkyl halides is 2. The molecule has 0 bridgehead atoms. The number of thiocarbonyl (C=S) groups is 1. The van der Waals surface area contributed by atoms with Gasteiger partial charge in [0.1, 0.15) is 4.32 Å². The molecule has 1 saturated heterocycles. The van der Waals surface area contributed by atoms with Crippen LogP contribution in [0, 0.1) is 0 Å². The van der Waals surface area contributed by atoms with Gasteiger partial charge in [-0.15, -0.1) is 23.2 Å². The second kappa shape index (κ2) is 17.1. The minimum Gasteiger partial charge on any atom is -0.481 e. The molecule has 0 saturated carbocycles. The zero-order valence-electron chi connectivity index (χ0n) is 18.1. The number of nitrogens with one attached hydrogen (secondary N) is 1. The summed E-state index contributed by atoms with van der Waals surface area (Å²) in [6.07, 6.45) is 1.63. The van der Waals surface area contributed by atoms with Gasteiger partial charge >= 0.3 is 5.97 Å². The van der Waals surface area contributed by atoms with Gasteiger partial charge in [-0.2, -0.15) is 0 Å². The van der Waals surface area contributed by atoms with Crippen LogP contribution in [0.2, 0.25) is 0 Å². The van der Waals surface area contributed by atoms with E-state index in [9.17, 15) is 9.59 Å². The molecular formula is C21H29Cl2N3O5S2. The third-order valence-electron chi connectivity index (χ3n) is 4.26. The number of thioether (sulfide) groups is 1. The van der Waals surface area contributed by atoms with Gasteiger partial charge in [0.2, 0.25) is 0 Å². The van der Waals surface area contributed by atoms with Crippen LogP contribution in [0.1, 0.15) is 12.0 Å². The highest BCUT2D eigenvalue weighted by Gasteiger charge is 2.32. The number of aliphatic hydroxyl groups excluding tert-OH is 2. The summed E-state index contributed by atoms with van der Waals surface area (Å²) in [5.41, 5.74) is 1.88. The van der Waals surface area contributed by atoms with Crippen molar-refractivity contribution in [3.8, 4) is 0 Å². The van der Waals surface area contributed by atoms with Crippen LogP contribution < -0.4 is 10.2 Å². The predicted octanol–water partition coefficient (Wildman–Crippen LogP) is 2.21. The molecule has 0 spiro atoms. The quantitative estimate of drug-likeness (QED) is 0.130. The molecule has 184 valence electrons. The molecule has 33 heavy (non-hydrogen) atoms. The van der Waals surface area contributed by atoms with E-state index in [1.807, 2.05) is 24.3 Å². The number of aliphatic carboxylic acids is 1. The number of carbonyl (C=O) groups excluding carboxylic acids is 1. The molecule has 0 atom stereocenters. The van der Waals surface area contributed by atoms with Gasteiger partial charge in [-0.25, -0.2) is 0 Å². The Labute approximate surface area is 213 Å². The van der Waals surface area contributed by atoms with Gasteiger partial charge < -0.3 is 25.5 Å². The average molecular weight is 539 g/mol. The van der Waals surface area contributed by atoms with Gasteiger partial charge in [0.05, 0.1) is 24.5 Å². The van der Waals surface area contributed by atoms with Crippen LogP contribution >= 0.6 is 47.2 Å². The Balaban J connectivity index is 0.000000675. The van der Waals surface area contributed by atoms with Crippen LogP contribution in [0.5, 0.6) is 0 Å². The number of benzene rings is 1. The molecule has 1 aromatic rings. The van der Waals surface area contributed by atoms with Crippen molar-refractivity contribution in [1.29, 1.82) is 0 Å². The second-order valence-corrected chi connectivity index (χ2v) is 9.06. The largest absolute Gasteiger partial charge is 0.481 e. The first-order valence-electron chi connectivity index (χ1n) is 10.2. The predicted molar refractivity (Wildman–Crippen MR) is 139 cm³/mol. The van der Waals surface area contributed by atoms with Crippen LogP contribution in [0.15, 0.2) is 29.2 Å². The van der Waals surface area contributed by atoms with Gasteiger partial charge in [0.15, 0.2) is 0 Å². The van der Waals surface area contributed by atoms with E-state index in [2.05, 4.69) is 10.2 Å². The summed E-state index contributed by atoms with van der Waals surface area (Å²) in [5.74, 6) is -0.192. The van der Waals surface area contributed by atoms with Gasteiger partial charge in [-0.3, -0.25) is 14.5 Å². The Morgan fingerprint density at radius 2 is 1.70 bits per heavy atom. The smallest absolute Gasteiger partial charge is 0.305 e. The first kappa shape index (κ1) is 29.6. The fourth-order valence-corrected chi connectivity index (χ4v) is 4.41. The highest BCUT2D eigenvalue weighted by Crippen LogP contribution is 2.32. The van der Waals surface area contributed by atoms with E-state index in [1.165, 1.54) is 16.7 Å². The first-order chi connectivity index (χ1) is 15.9. The van der Waals surface area contributed by atoms with Crippen LogP contribution in [-0.4, -0.2) is 94.1 Å². The fraction of sp³-hybridized carbons (Fsp3) is 0.476. The topological polar surface area (TPSA) is 113 Å². The Morgan fingerprint density at radius 1 is 1.12 bits per heavy atom. The minimum absolute atomic E-state index is 0.0854. The van der Waals surface area contributed by atoms with Gasteiger partial charge in [0, 0.05) is 50.2 Å². The van der Waals surface area contributed by atoms with E-state index < -0.39 is 5.97 Å². The van der Waals surface area contributed by atoms with Crippen LogP contribution in [-0.2, 0) is 9.59 Å². The highest BCUT2D eigenvalue weighted by molar-refractivity contribution is 8.26. The molecule has 1 aliphatic heterocycles. The number of nitrogens with zero attached hydrogens (tertiary/aromatic N) is 2. The lowest BCUT2D eigenvalue weighted by Crippen LogP contribution is -2.30. The second-order valence-electron chi connectivity index (χ2n) is 6.63. The van der Waals surface area contributed by atoms with E-state index >= 15 is 0 Å². The maximum absolute atomic E-state index is 12.4. The lowest BCUT2D eigenvalue weighted by molar-refractivity contribution is -0.137. The van der Waals surface area contributed by atoms with Crippen LogP contribution in [0.4, 0.5) is 5.69 Å². The number of rotatable bonds is 13. The summed E-state index contributed by atoms with van der Waals surface area (Å²) >= 11 is 18.0. The van der Waals surface area contributed by atoms with E-state index in [4.69, 9.17) is 50.7 Å². The van der Waals surface area contributed by atoms with Crippen molar-refractivity contribution in [2.45, 2.75) is 6.42 Å². The summed E-state index contributed by atoms with van der Waals surface area (Å²) in [7, 11) is 0. The van der Waals surface area contributed by atoms with Crippen molar-refractivity contribution in [3.63, 3.8) is 0 Å². The first-order valence-corrected chi connectivity index (χ1v) is 12.5. The molecule has 0 radical (unpaired) electrons. The van der Waals surface area contributed by atoms with Gasteiger partial charge in [-0.1, -0.05) is 36.1 Å². The van der Waals surface area contributed by atoms with Crippen molar-refractivity contribution in [1.82, 2.24) is 10.2 Å². The normalized spacial score (nSPS) is 14.4. The summed E-state index contributed by atoms with van der Waals surface area (Å²) in [4.78, 5) is 27.0. The number of halogens is 2. The number of aliphatic hydroxyl groups is 2. The minimum atomic E-state index is -0.961. The van der Waals surface area contributed by atoms with E-state index in [0.717, 1.165) is 11.3 Å². The molecule has 4 N–H and O–H groups in total. The molecule has 0 unspecified atom stereocenters.